The van der Waals surface area contributed by atoms with Gasteiger partial charge in [-0.3, -0.25) is 13.6 Å². The molecule has 0 saturated carbocycles. The van der Waals surface area contributed by atoms with E-state index < -0.39 is 0 Å². The maximum absolute atomic E-state index is 7.75. The molecule has 0 bridgehead atoms. The van der Waals surface area contributed by atoms with Gasteiger partial charge in [-0.15, -0.1) is 0 Å². The molecule has 0 atom stereocenters. The Morgan fingerprint density at radius 1 is 0.444 bits per heavy atom. The molecule has 0 fully saturated rings. The smallest absolute Gasteiger partial charge is 0.545 e. The molecule has 0 amide bonds. The van der Waals surface area contributed by atoms with Crippen LogP contribution in [0.25, 0.3) is 0 Å². The Bertz CT molecular complexity index is 121. The van der Waals surface area contributed by atoms with Crippen molar-refractivity contribution in [2.75, 3.05) is 0 Å². The molecule has 0 aliphatic carbocycles. The predicted octanol–water partition coefficient (Wildman–Crippen LogP) is -0.778. The number of hydrogen-bond acceptors (Lipinski definition) is 2. The van der Waals surface area contributed by atoms with Gasteiger partial charge in [0.05, 0.1) is 0 Å². The van der Waals surface area contributed by atoms with Crippen LogP contribution >= 0.6 is 0 Å². The fourth-order valence-corrected chi connectivity index (χ4v) is 0. The van der Waals surface area contributed by atoms with Gasteiger partial charge in [-0.2, -0.15) is 0 Å². The zero-order valence-corrected chi connectivity index (χ0v) is 10.2. The SMILES string of the molecule is [C-]#[O+].[C-]#[O+].[C-]#[O+].[C-]#[O+].[C-]#[O+].[C-]#[O+].[CH-]=O.[CH-]=O.[Co+2].[Co]. The second-order valence-electron chi connectivity index (χ2n) is 0. The van der Waals surface area contributed by atoms with Gasteiger partial charge in [0, 0.05) is 16.8 Å². The average Bonchev–Trinajstić information content (AvgIpc) is 2.54. The topological polar surface area (TPSA) is 154 Å². The van der Waals surface area contributed by atoms with Gasteiger partial charge in [0.1, 0.15) is 0 Å². The Kier molecular flexibility index (Phi) is 12000. The van der Waals surface area contributed by atoms with Crippen molar-refractivity contribution in [3.63, 3.8) is 0 Å². The minimum atomic E-state index is 0. The first-order valence-corrected chi connectivity index (χ1v) is 1.70. The first-order valence-electron chi connectivity index (χ1n) is 1.70. The Labute approximate surface area is 125 Å². The number of carbonyl (C=O) groups excluding carboxylic acids is 2. The van der Waals surface area contributed by atoms with Crippen molar-refractivity contribution < 1.29 is 71.1 Å². The summed E-state index contributed by atoms with van der Waals surface area (Å²) < 4.78 is 45.0. The van der Waals surface area contributed by atoms with E-state index in [1.165, 1.54) is 0 Å². The molecular formula is C8H2Co2O8. The summed E-state index contributed by atoms with van der Waals surface area (Å²) in [6.45, 7) is 33.5. The Morgan fingerprint density at radius 3 is 0.444 bits per heavy atom. The van der Waals surface area contributed by atoms with E-state index in [2.05, 4.69) is 53.5 Å². The third kappa shape index (κ3) is 1930. The third-order valence-corrected chi connectivity index (χ3v) is 0. The zero-order valence-electron chi connectivity index (χ0n) is 8.09. The molecule has 10 heteroatoms. The summed E-state index contributed by atoms with van der Waals surface area (Å²) in [5.41, 5.74) is 0. The van der Waals surface area contributed by atoms with Crippen molar-refractivity contribution in [2.45, 2.75) is 0 Å². The standard InChI is InChI=1S/2CHO.6CO.2Co/c8*1-2;;/h2*1H;;;;;;;;/q2*-1;;;;;;;;+2. The summed E-state index contributed by atoms with van der Waals surface area (Å²) >= 11 is 0. The zero-order chi connectivity index (χ0) is 16.0. The number of hydrogen-bond donors (Lipinski definition) is 0. The van der Waals surface area contributed by atoms with Gasteiger partial charge in [0.25, 0.3) is 0 Å². The van der Waals surface area contributed by atoms with Crippen LogP contribution in [0.3, 0.4) is 0 Å². The van der Waals surface area contributed by atoms with Crippen LogP contribution in [0.2, 0.25) is 0 Å². The van der Waals surface area contributed by atoms with Crippen molar-refractivity contribution >= 4 is 13.6 Å². The van der Waals surface area contributed by atoms with Crippen LogP contribution < -0.4 is 0 Å². The third-order valence-electron chi connectivity index (χ3n) is 0. The van der Waals surface area contributed by atoms with E-state index in [0.717, 1.165) is 0 Å². The van der Waals surface area contributed by atoms with E-state index in [-0.39, 0.29) is 33.6 Å². The monoisotopic (exact) mass is 344 g/mol. The maximum atomic E-state index is 7.75. The van der Waals surface area contributed by atoms with Gasteiger partial charge in [0.15, 0.2) is 0 Å². The van der Waals surface area contributed by atoms with E-state index in [0.29, 0.717) is 0 Å². The van der Waals surface area contributed by atoms with Gasteiger partial charge < -0.3 is 9.59 Å². The van der Waals surface area contributed by atoms with Gasteiger partial charge in [-0.05, 0) is 0 Å². The van der Waals surface area contributed by atoms with E-state index in [9.17, 15) is 0 Å². The van der Waals surface area contributed by atoms with Gasteiger partial charge >= 0.3 is 84.6 Å². The van der Waals surface area contributed by atoms with Crippen LogP contribution in [0, 0.1) is 39.9 Å². The first kappa shape index (κ1) is 90.8. The van der Waals surface area contributed by atoms with Crippen molar-refractivity contribution in [1.82, 2.24) is 0 Å². The quantitative estimate of drug-likeness (QED) is 0.321. The molecule has 18 heavy (non-hydrogen) atoms. The molecule has 0 aliphatic rings. The molecule has 0 rings (SSSR count). The predicted molar refractivity (Wildman–Crippen MR) is 37.1 cm³/mol. The molecule has 2 radical (unpaired) electrons. The van der Waals surface area contributed by atoms with E-state index in [4.69, 9.17) is 37.5 Å². The van der Waals surface area contributed by atoms with E-state index >= 15 is 0 Å². The molecule has 0 unspecified atom stereocenters. The Hall–Kier alpha value is -1.21. The van der Waals surface area contributed by atoms with Crippen LogP contribution in [-0.2, 0) is 71.1 Å². The molecule has 0 N–H and O–H groups in total. The van der Waals surface area contributed by atoms with E-state index in [1.54, 1.807) is 0 Å². The number of rotatable bonds is 0. The van der Waals surface area contributed by atoms with Crippen molar-refractivity contribution in [3.05, 3.63) is 39.9 Å². The molecule has 100 valence electrons. The fourth-order valence-electron chi connectivity index (χ4n) is 0. The van der Waals surface area contributed by atoms with Gasteiger partial charge in [0.2, 0.25) is 0 Å². The van der Waals surface area contributed by atoms with Crippen LogP contribution in [0.15, 0.2) is 0 Å². The van der Waals surface area contributed by atoms with Gasteiger partial charge in [-0.1, -0.05) is 0 Å². The second-order valence-corrected chi connectivity index (χ2v) is 0. The summed E-state index contributed by atoms with van der Waals surface area (Å²) in [4.78, 5) is 15.5. The molecule has 8 nitrogen and oxygen atoms in total. The van der Waals surface area contributed by atoms with Crippen molar-refractivity contribution in [3.8, 4) is 0 Å². The van der Waals surface area contributed by atoms with Crippen molar-refractivity contribution in [2.24, 2.45) is 0 Å². The summed E-state index contributed by atoms with van der Waals surface area (Å²) in [6, 6.07) is 0. The summed E-state index contributed by atoms with van der Waals surface area (Å²) in [6.07, 6.45) is 0. The summed E-state index contributed by atoms with van der Waals surface area (Å²) in [7, 11) is 0. The fraction of sp³-hybridized carbons (Fsp3) is 0. The van der Waals surface area contributed by atoms with Crippen LogP contribution in [-0.4, -0.2) is 13.6 Å². The summed E-state index contributed by atoms with van der Waals surface area (Å²) in [5, 5.41) is 0. The van der Waals surface area contributed by atoms with Gasteiger partial charge in [-0.25, -0.2) is 0 Å². The molecule has 0 heterocycles. The Morgan fingerprint density at radius 2 is 0.444 bits per heavy atom. The molecule has 0 spiro atoms. The van der Waals surface area contributed by atoms with E-state index in [1.807, 2.05) is 0 Å². The molecule has 0 aromatic carbocycles. The normalized spacial score (nSPS) is 1.11. The van der Waals surface area contributed by atoms with Crippen LogP contribution in [0.5, 0.6) is 0 Å². The molecule has 0 aromatic rings. The largest absolute Gasteiger partial charge is 2.00 e. The van der Waals surface area contributed by atoms with Crippen LogP contribution in [0.1, 0.15) is 0 Å². The molecule has 0 aliphatic heterocycles. The molecule has 0 aromatic heterocycles. The first-order chi connectivity index (χ1) is 8.00. The Balaban J connectivity index is -0.00000000500. The maximum Gasteiger partial charge on any atom is 2.00 e. The van der Waals surface area contributed by atoms with Crippen molar-refractivity contribution in [1.29, 1.82) is 0 Å². The summed E-state index contributed by atoms with van der Waals surface area (Å²) in [5.74, 6) is 0. The average molecular weight is 344 g/mol. The molecular weight excluding hydrogens is 342 g/mol. The second kappa shape index (κ2) is 2370. The molecule has 0 saturated heterocycles. The minimum absolute atomic E-state index is 0. The van der Waals surface area contributed by atoms with Crippen LogP contribution in [0.4, 0.5) is 0 Å². The minimum Gasteiger partial charge on any atom is -0.545 e.